The second kappa shape index (κ2) is 46.4. The molecule has 0 heterocycles. The van der Waals surface area contributed by atoms with Crippen LogP contribution in [-0.2, 0) is 38.1 Å². The monoisotopic (exact) mass is 1620 g/mol. The number of aliphatic hydroxyl groups is 2. The highest BCUT2D eigenvalue weighted by Gasteiger charge is 2.28. The number of Topliss-reactive ketones (excluding diaryl/α,β-unsaturated/α-hetero) is 2. The van der Waals surface area contributed by atoms with Crippen molar-refractivity contribution < 1.29 is 76.5 Å². The van der Waals surface area contributed by atoms with Crippen LogP contribution in [-0.4, -0.2) is 183 Å². The van der Waals surface area contributed by atoms with E-state index in [-0.39, 0.29) is 103 Å². The fourth-order valence-electron chi connectivity index (χ4n) is 13.4. The summed E-state index contributed by atoms with van der Waals surface area (Å²) in [5, 5.41) is 47.8. The Hall–Kier alpha value is -9.53. The van der Waals surface area contributed by atoms with Gasteiger partial charge in [0.15, 0.2) is 0 Å². The molecule has 116 heavy (non-hydrogen) atoms. The number of thioether (sulfide) groups is 2. The van der Waals surface area contributed by atoms with Crippen LogP contribution in [0.1, 0.15) is 158 Å². The Morgan fingerprint density at radius 3 is 1.15 bits per heavy atom. The van der Waals surface area contributed by atoms with Gasteiger partial charge in [-0.05, 0) is 162 Å². The summed E-state index contributed by atoms with van der Waals surface area (Å²) >= 11 is 2.09. The summed E-state index contributed by atoms with van der Waals surface area (Å²) in [6.45, 7) is 22.2. The quantitative estimate of drug-likeness (QED) is 0.00700. The molecular formula is C95H121N5O14S2+2. The molecule has 0 bridgehead atoms. The number of quaternary nitrogens is 2. The van der Waals surface area contributed by atoms with Gasteiger partial charge in [0.25, 0.3) is 0 Å². The lowest BCUT2D eigenvalue weighted by molar-refractivity contribution is -0.882. The first-order chi connectivity index (χ1) is 55.4. The normalized spacial score (nSPS) is 13.9. The van der Waals surface area contributed by atoms with Gasteiger partial charge in [-0.3, -0.25) is 28.8 Å². The number of hydrogen-bond donors (Lipinski definition) is 4. The predicted octanol–water partition coefficient (Wildman–Crippen LogP) is 18.5. The Morgan fingerprint density at radius 1 is 0.422 bits per heavy atom. The van der Waals surface area contributed by atoms with Crippen LogP contribution in [0, 0.1) is 40.9 Å². The molecule has 620 valence electrons. The van der Waals surface area contributed by atoms with Crippen molar-refractivity contribution in [2.45, 2.75) is 138 Å². The smallest absolute Gasteiger partial charge is 0.367 e. The van der Waals surface area contributed by atoms with Crippen LogP contribution < -0.4 is 10.6 Å². The molecule has 4 N–H and O–H groups in total. The van der Waals surface area contributed by atoms with E-state index in [1.165, 1.54) is 53.9 Å². The molecule has 9 atom stereocenters. The summed E-state index contributed by atoms with van der Waals surface area (Å²) < 4.78 is 21.2. The Labute approximate surface area is 693 Å². The third-order valence-electron chi connectivity index (χ3n) is 21.4. The number of likely N-dealkylation sites (N-methyl/N-ethyl adjacent to an activating group) is 2. The SMILES string of the molecule is CCC(C)C(=O)NCCC[N+](C)(C)CC(=O)c1ccc2ccc3cccc4ccc1c2c34.CCC(C)C(=O)NCCC[N+](C)(C)CC(=O)c1ccc2ccc3cccc4ccc1c2c34.CCC(C)C(=O)OCC(O)COC(=O)SCC(C)c1ccccc1.CCC(C)C(=O)OCC(O)COC(=O)SCC(CC(C)C#N)c1ccccc1. The molecule has 10 rings (SSSR count). The highest BCUT2D eigenvalue weighted by Crippen LogP contribution is 2.39. The summed E-state index contributed by atoms with van der Waals surface area (Å²) in [6, 6.07) is 59.8. The molecule has 0 aliphatic rings. The van der Waals surface area contributed by atoms with Crippen LogP contribution in [0.15, 0.2) is 170 Å². The molecule has 2 amide bonds. The van der Waals surface area contributed by atoms with Crippen LogP contribution in [0.2, 0.25) is 0 Å². The number of ketones is 2. The molecule has 10 aromatic carbocycles. The van der Waals surface area contributed by atoms with E-state index < -0.39 is 22.8 Å². The van der Waals surface area contributed by atoms with Gasteiger partial charge in [0.05, 0.1) is 59.2 Å². The largest absolute Gasteiger partial charge is 0.463 e. The van der Waals surface area contributed by atoms with E-state index in [1.54, 1.807) is 13.8 Å². The first kappa shape index (κ1) is 93.6. The summed E-state index contributed by atoms with van der Waals surface area (Å²) in [6.07, 6.45) is 3.32. The Balaban J connectivity index is 0.000000215. The Morgan fingerprint density at radius 2 is 0.767 bits per heavy atom. The second-order valence-corrected chi connectivity index (χ2v) is 33.9. The van der Waals surface area contributed by atoms with E-state index in [1.807, 2.05) is 128 Å². The average Bonchev–Trinajstić information content (AvgIpc) is 0.744. The van der Waals surface area contributed by atoms with E-state index in [0.717, 1.165) is 95.3 Å². The fourth-order valence-corrected chi connectivity index (χ4v) is 15.0. The molecule has 0 saturated carbocycles. The number of ether oxygens (including phenoxy) is 4. The molecule has 19 nitrogen and oxygen atoms in total. The van der Waals surface area contributed by atoms with Crippen molar-refractivity contribution in [1.29, 1.82) is 5.26 Å². The molecule has 0 radical (unpaired) electrons. The van der Waals surface area contributed by atoms with Crippen LogP contribution in [0.3, 0.4) is 0 Å². The molecule has 10 aromatic rings. The van der Waals surface area contributed by atoms with E-state index in [2.05, 4.69) is 142 Å². The summed E-state index contributed by atoms with van der Waals surface area (Å²) in [4.78, 5) is 97.4. The van der Waals surface area contributed by atoms with Crippen LogP contribution in [0.25, 0.3) is 64.6 Å². The summed E-state index contributed by atoms with van der Waals surface area (Å²) in [7, 11) is 8.35. The van der Waals surface area contributed by atoms with Gasteiger partial charge in [0.2, 0.25) is 23.4 Å². The maximum absolute atomic E-state index is 13.4. The van der Waals surface area contributed by atoms with Crippen molar-refractivity contribution in [2.75, 3.05) is 105 Å². The molecule has 0 saturated heterocycles. The number of aliphatic hydroxyl groups excluding tert-OH is 2. The van der Waals surface area contributed by atoms with Crippen LogP contribution >= 0.6 is 23.5 Å². The van der Waals surface area contributed by atoms with Crippen LogP contribution in [0.4, 0.5) is 9.59 Å². The maximum atomic E-state index is 13.4. The first-order valence-electron chi connectivity index (χ1n) is 40.8. The number of nitrogens with one attached hydrogen (secondary N) is 2. The zero-order valence-electron chi connectivity index (χ0n) is 70.2. The van der Waals surface area contributed by atoms with Gasteiger partial charge in [-0.1, -0.05) is 220 Å². The van der Waals surface area contributed by atoms with Crippen LogP contribution in [0.5, 0.6) is 0 Å². The third-order valence-corrected chi connectivity index (χ3v) is 23.3. The number of carbonyl (C=O) groups is 8. The van der Waals surface area contributed by atoms with Gasteiger partial charge in [-0.25, -0.2) is 9.59 Å². The number of amides is 2. The number of nitriles is 1. The highest BCUT2D eigenvalue weighted by atomic mass is 32.2. The number of rotatable bonds is 38. The van der Waals surface area contributed by atoms with Gasteiger partial charge in [-0.15, -0.1) is 0 Å². The van der Waals surface area contributed by atoms with Crippen molar-refractivity contribution in [3.63, 3.8) is 0 Å². The van der Waals surface area contributed by atoms with Gasteiger partial charge < -0.3 is 48.8 Å². The summed E-state index contributed by atoms with van der Waals surface area (Å²) in [5.74, 6) is 0.735. The third kappa shape index (κ3) is 28.4. The maximum Gasteiger partial charge on any atom is 0.367 e. The van der Waals surface area contributed by atoms with E-state index in [9.17, 15) is 48.6 Å². The number of carbonyl (C=O) groups excluding carboxylic acids is 8. The standard InChI is InChI=1S/2C28H32N2O2.C21H29NO5S.C18H26O5S/c2*1-5-19(2)28(32)29-16-7-17-30(3,4)18-25(31)23-14-12-22-11-10-20-8-6-9-21-13-15-24(23)27(22)26(20)21;1-4-16(3)20(24)26-12-19(23)13-27-21(25)28-14-18(10-15(2)11-22)17-8-6-5-7-9-17;1-4-13(2)17(20)22-10-16(19)11-23-18(21)24-12-14(3)15-8-6-5-7-9-15/h2*6,8-15,19H,5,7,16-18H2,1-4H3;5-9,15-16,18-19,23H,4,10,12-14H2,1-3H3;5-9,13-14,16,19H,4,10-12H2,1-3H3/p+2. The molecule has 0 aromatic heterocycles. The van der Waals surface area contributed by atoms with E-state index in [4.69, 9.17) is 24.2 Å². The minimum atomic E-state index is -1.05. The second-order valence-electron chi connectivity index (χ2n) is 31.9. The lowest BCUT2D eigenvalue weighted by Gasteiger charge is -2.29. The molecule has 0 fully saturated rings. The van der Waals surface area contributed by atoms with Crippen molar-refractivity contribution in [2.24, 2.45) is 29.6 Å². The van der Waals surface area contributed by atoms with Gasteiger partial charge in [0, 0.05) is 66.3 Å². The zero-order chi connectivity index (χ0) is 84.7. The lowest BCUT2D eigenvalue weighted by atomic mass is 9.91. The molecule has 0 aliphatic heterocycles. The molecule has 21 heteroatoms. The molecular weight excluding hydrogens is 1500 g/mol. The minimum absolute atomic E-state index is 0.0496. The van der Waals surface area contributed by atoms with Crippen molar-refractivity contribution in [3.05, 3.63) is 192 Å². The Bertz CT molecular complexity index is 4650. The number of nitrogens with zero attached hydrogens (tertiary/aromatic N) is 3. The zero-order valence-corrected chi connectivity index (χ0v) is 71.9. The number of esters is 2. The predicted molar refractivity (Wildman–Crippen MR) is 471 cm³/mol. The first-order valence-corrected chi connectivity index (χ1v) is 42.8. The van der Waals surface area contributed by atoms with Gasteiger partial charge in [-0.2, -0.15) is 5.26 Å². The van der Waals surface area contributed by atoms with Crippen molar-refractivity contribution in [3.8, 4) is 6.07 Å². The molecule has 9 unspecified atom stereocenters. The molecule has 0 spiro atoms. The number of hydrogen-bond acceptors (Lipinski definition) is 17. The molecule has 0 aliphatic carbocycles. The topological polar surface area (TPSA) is 262 Å². The summed E-state index contributed by atoms with van der Waals surface area (Å²) in [5.41, 5.74) is 3.83. The Kier molecular flexibility index (Phi) is 37.5. The van der Waals surface area contributed by atoms with Gasteiger partial charge in [0.1, 0.15) is 51.7 Å². The number of benzene rings is 10. The van der Waals surface area contributed by atoms with Crippen molar-refractivity contribution in [1.82, 2.24) is 10.6 Å². The highest BCUT2D eigenvalue weighted by molar-refractivity contribution is 8.13. The minimum Gasteiger partial charge on any atom is -0.463 e. The van der Waals surface area contributed by atoms with E-state index >= 15 is 0 Å². The lowest BCUT2D eigenvalue weighted by Crippen LogP contribution is -2.45. The fraction of sp³-hybridized carbons (Fsp3) is 0.442. The van der Waals surface area contributed by atoms with E-state index in [0.29, 0.717) is 65.9 Å². The van der Waals surface area contributed by atoms with Crippen molar-refractivity contribution >= 4 is 134 Å². The average molecular weight is 1620 g/mol. The van der Waals surface area contributed by atoms with Gasteiger partial charge >= 0.3 is 22.5 Å².